The third-order valence-electron chi connectivity index (χ3n) is 2.96. The second kappa shape index (κ2) is 18.9. The van der Waals surface area contributed by atoms with Crippen LogP contribution in [0.1, 0.15) is 13.8 Å². The van der Waals surface area contributed by atoms with Gasteiger partial charge in [0.2, 0.25) is 10.3 Å². The average Bonchev–Trinajstić information content (AvgIpc) is 3.48. The van der Waals surface area contributed by atoms with E-state index in [1.165, 1.54) is 35.7 Å². The molecule has 10 nitrogen and oxygen atoms in total. The summed E-state index contributed by atoms with van der Waals surface area (Å²) >= 11 is 2.57. The Hall–Kier alpha value is -2.61. The molecule has 0 amide bonds. The molecule has 0 fully saturated rings. The zero-order valence-electron chi connectivity index (χ0n) is 18.1. The Kier molecular flexibility index (Phi) is 17.4. The summed E-state index contributed by atoms with van der Waals surface area (Å²) in [5.41, 5.74) is 1.77. The van der Waals surface area contributed by atoms with Crippen LogP contribution in [0.2, 0.25) is 0 Å². The maximum atomic E-state index is 9.03. The molecule has 4 rings (SSSR count). The third-order valence-corrected chi connectivity index (χ3v) is 4.12. The number of aliphatic hydroxyl groups excluding tert-OH is 2. The number of rotatable bonds is 4. The van der Waals surface area contributed by atoms with Gasteiger partial charge in [0.25, 0.3) is 0 Å². The Morgan fingerprint density at radius 1 is 0.667 bits per heavy atom. The fraction of sp³-hybridized carbons (Fsp3) is 0.200. The molecule has 0 saturated heterocycles. The van der Waals surface area contributed by atoms with E-state index in [-0.39, 0.29) is 46.4 Å². The first-order valence-corrected chi connectivity index (χ1v) is 10.9. The van der Waals surface area contributed by atoms with E-state index in [9.17, 15) is 0 Å². The number of nitrogens with zero attached hydrogens (tertiary/aromatic N) is 4. The molecule has 2 aromatic heterocycles. The van der Waals surface area contributed by atoms with E-state index in [4.69, 9.17) is 20.4 Å². The van der Waals surface area contributed by atoms with Crippen molar-refractivity contribution in [2.24, 2.45) is 0 Å². The number of aromatic hydroxyl groups is 2. The van der Waals surface area contributed by atoms with Crippen LogP contribution in [0.5, 0.6) is 11.5 Å². The minimum absolute atomic E-state index is 0. The molecule has 4 aromatic rings. The topological polar surface area (TPSA) is 157 Å². The summed E-state index contributed by atoms with van der Waals surface area (Å²) in [5.74, 6) is 0.505. The second-order valence-corrected chi connectivity index (χ2v) is 7.03. The number of nitrogens with one attached hydrogen (secondary N) is 2. The summed E-state index contributed by atoms with van der Waals surface area (Å²) in [7, 11) is 0. The van der Waals surface area contributed by atoms with Crippen molar-refractivity contribution in [3.8, 4) is 11.5 Å². The first-order chi connectivity index (χ1) is 15.5. The molecule has 2 heterocycles. The molecular weight excluding hydrogens is 500 g/mol. The van der Waals surface area contributed by atoms with Crippen LogP contribution in [-0.2, 0) is 21.7 Å². The molecule has 0 aliphatic rings. The molecule has 6 N–H and O–H groups in total. The summed E-state index contributed by atoms with van der Waals surface area (Å²) in [6.07, 6.45) is 2.99. The van der Waals surface area contributed by atoms with Gasteiger partial charge < -0.3 is 31.1 Å². The van der Waals surface area contributed by atoms with E-state index in [1.54, 1.807) is 62.4 Å². The zero-order valence-corrected chi connectivity index (χ0v) is 21.3. The maximum absolute atomic E-state index is 9.03. The normalized spacial score (nSPS) is 8.85. The van der Waals surface area contributed by atoms with Crippen LogP contribution in [-0.4, -0.2) is 52.4 Å². The smallest absolute Gasteiger partial charge is 0.206 e. The maximum Gasteiger partial charge on any atom is 0.206 e. The van der Waals surface area contributed by atoms with E-state index in [0.717, 1.165) is 21.6 Å². The van der Waals surface area contributed by atoms with E-state index in [1.807, 2.05) is 0 Å². The predicted molar refractivity (Wildman–Crippen MR) is 128 cm³/mol. The Labute approximate surface area is 215 Å². The molecule has 0 atom stereocenters. The molecule has 0 bridgehead atoms. The van der Waals surface area contributed by atoms with Crippen LogP contribution >= 0.6 is 23.1 Å². The number of aromatic nitrogens is 4. The molecule has 176 valence electrons. The summed E-state index contributed by atoms with van der Waals surface area (Å²) in [5, 5.41) is 40.8. The van der Waals surface area contributed by atoms with Gasteiger partial charge in [0.1, 0.15) is 24.2 Å². The summed E-state index contributed by atoms with van der Waals surface area (Å²) < 4.78 is 7.71. The van der Waals surface area contributed by atoms with Crippen molar-refractivity contribution < 1.29 is 42.1 Å². The molecule has 2 aromatic carbocycles. The molecular formula is C20H26N6O4S2Ti. The Balaban J connectivity index is 0.000000491. The quantitative estimate of drug-likeness (QED) is 0.170. The van der Waals surface area contributed by atoms with Gasteiger partial charge in [0, 0.05) is 69.4 Å². The third kappa shape index (κ3) is 14.2. The van der Waals surface area contributed by atoms with Crippen LogP contribution in [0, 0.1) is 0 Å². The zero-order chi connectivity index (χ0) is 23.6. The fourth-order valence-corrected chi connectivity index (χ4v) is 2.70. The van der Waals surface area contributed by atoms with E-state index < -0.39 is 0 Å². The van der Waals surface area contributed by atoms with Gasteiger partial charge in [-0.2, -0.15) is 8.75 Å². The number of phenols is 2. The van der Waals surface area contributed by atoms with Crippen molar-refractivity contribution in [1.82, 2.24) is 18.7 Å². The first kappa shape index (κ1) is 30.4. The largest absolute Gasteiger partial charge is 0.508 e. The van der Waals surface area contributed by atoms with Gasteiger partial charge >= 0.3 is 0 Å². The van der Waals surface area contributed by atoms with Crippen molar-refractivity contribution in [1.29, 1.82) is 0 Å². The van der Waals surface area contributed by atoms with Crippen molar-refractivity contribution in [3.63, 3.8) is 0 Å². The van der Waals surface area contributed by atoms with E-state index >= 15 is 0 Å². The van der Waals surface area contributed by atoms with Gasteiger partial charge in [-0.3, -0.25) is 0 Å². The van der Waals surface area contributed by atoms with Crippen LogP contribution in [0.3, 0.4) is 0 Å². The number of benzene rings is 2. The van der Waals surface area contributed by atoms with Crippen molar-refractivity contribution >= 4 is 44.7 Å². The number of aliphatic hydroxyl groups is 2. The first-order valence-electron chi connectivity index (χ1n) is 9.39. The number of hydrogen-bond acceptors (Lipinski definition) is 12. The molecule has 0 aliphatic heterocycles. The van der Waals surface area contributed by atoms with Gasteiger partial charge in [-0.15, -0.1) is 0 Å². The van der Waals surface area contributed by atoms with Crippen LogP contribution in [0.25, 0.3) is 0 Å². The molecule has 33 heavy (non-hydrogen) atoms. The monoisotopic (exact) mass is 526 g/mol. The minimum Gasteiger partial charge on any atom is -0.508 e. The van der Waals surface area contributed by atoms with E-state index in [2.05, 4.69) is 29.3 Å². The predicted octanol–water partition coefficient (Wildman–Crippen LogP) is 3.97. The summed E-state index contributed by atoms with van der Waals surface area (Å²) in [6, 6.07) is 13.6. The molecule has 0 saturated carbocycles. The van der Waals surface area contributed by atoms with Crippen molar-refractivity contribution in [2.45, 2.75) is 13.8 Å². The Morgan fingerprint density at radius 3 is 1.21 bits per heavy atom. The SMILES string of the molecule is CCO.CCO.Oc1ccc(Nc2ncns2)cc1.Oc1ccc(Nc2ncns2)cc1.[Ti]. The van der Waals surface area contributed by atoms with Gasteiger partial charge in [-0.25, -0.2) is 9.97 Å². The van der Waals surface area contributed by atoms with Crippen molar-refractivity contribution in [2.75, 3.05) is 23.8 Å². The van der Waals surface area contributed by atoms with Gasteiger partial charge in [-0.05, 0) is 62.4 Å². The Bertz CT molecular complexity index is 864. The molecule has 0 spiro atoms. The summed E-state index contributed by atoms with van der Waals surface area (Å²) in [6.45, 7) is 3.86. The van der Waals surface area contributed by atoms with E-state index in [0.29, 0.717) is 0 Å². The Morgan fingerprint density at radius 2 is 0.970 bits per heavy atom. The standard InChI is InChI=1S/2C8H7N3OS.2C2H6O.Ti/c2*12-7-3-1-6(2-4-7)11-8-9-5-10-13-8;2*1-2-3;/h2*1-5,12H,(H,9,10,11);2*3H,2H2,1H3;. The summed E-state index contributed by atoms with van der Waals surface area (Å²) in [4.78, 5) is 7.94. The molecule has 13 heteroatoms. The van der Waals surface area contributed by atoms with Crippen LogP contribution in [0.15, 0.2) is 61.2 Å². The number of phenolic OH excluding ortho intramolecular Hbond substituents is 2. The fourth-order valence-electron chi connectivity index (χ4n) is 1.79. The van der Waals surface area contributed by atoms with Crippen LogP contribution in [0.4, 0.5) is 21.6 Å². The molecule has 0 unspecified atom stereocenters. The average molecular weight is 526 g/mol. The number of anilines is 4. The minimum atomic E-state index is 0. The van der Waals surface area contributed by atoms with Gasteiger partial charge in [-0.1, -0.05) is 0 Å². The van der Waals surface area contributed by atoms with Gasteiger partial charge in [0.05, 0.1) is 0 Å². The number of hydrogen-bond donors (Lipinski definition) is 6. The molecule has 0 aliphatic carbocycles. The van der Waals surface area contributed by atoms with Gasteiger partial charge in [0.15, 0.2) is 0 Å². The molecule has 0 radical (unpaired) electrons. The van der Waals surface area contributed by atoms with Crippen molar-refractivity contribution in [3.05, 3.63) is 61.2 Å². The second-order valence-electron chi connectivity index (χ2n) is 5.47. The van der Waals surface area contributed by atoms with Crippen LogP contribution < -0.4 is 10.6 Å².